The topological polar surface area (TPSA) is 27.1 Å². The van der Waals surface area contributed by atoms with Gasteiger partial charge < -0.3 is 9.30 Å². The molecule has 2 aromatic carbocycles. The number of rotatable bonds is 6. The van der Waals surface area contributed by atoms with Gasteiger partial charge in [0, 0.05) is 11.3 Å². The Balaban J connectivity index is 1.57. The van der Waals surface area contributed by atoms with Crippen molar-refractivity contribution in [3.63, 3.8) is 0 Å². The molecule has 2 heterocycles. The highest BCUT2D eigenvalue weighted by molar-refractivity contribution is 7.09. The normalized spacial score (nSPS) is 11.1. The number of ether oxygens (including phenoxy) is 1. The van der Waals surface area contributed by atoms with E-state index < -0.39 is 0 Å². The van der Waals surface area contributed by atoms with Gasteiger partial charge in [-0.15, -0.1) is 11.3 Å². The van der Waals surface area contributed by atoms with Crippen LogP contribution in [0.4, 0.5) is 0 Å². The zero-order valence-electron chi connectivity index (χ0n) is 13.6. The second kappa shape index (κ2) is 7.30. The van der Waals surface area contributed by atoms with Gasteiger partial charge in [-0.3, -0.25) is 0 Å². The minimum atomic E-state index is 0.543. The van der Waals surface area contributed by atoms with E-state index in [0.29, 0.717) is 17.4 Å². The Morgan fingerprint density at radius 3 is 2.68 bits per heavy atom. The molecule has 0 bridgehead atoms. The number of fused-ring (bicyclic) bond motifs is 1. The fraction of sp³-hybridized carbons (Fsp3) is 0.150. The summed E-state index contributed by atoms with van der Waals surface area (Å²) in [6, 6.07) is 20.0. The van der Waals surface area contributed by atoms with Gasteiger partial charge in [0.15, 0.2) is 0 Å². The first-order valence-electron chi connectivity index (χ1n) is 8.15. The fourth-order valence-electron chi connectivity index (χ4n) is 2.89. The Kier molecular flexibility index (Phi) is 4.72. The first-order chi connectivity index (χ1) is 12.3. The van der Waals surface area contributed by atoms with E-state index >= 15 is 0 Å². The Morgan fingerprint density at radius 1 is 1.00 bits per heavy atom. The van der Waals surface area contributed by atoms with Crippen molar-refractivity contribution in [1.82, 2.24) is 9.55 Å². The highest BCUT2D eigenvalue weighted by Gasteiger charge is 2.12. The summed E-state index contributed by atoms with van der Waals surface area (Å²) in [7, 11) is 0. The van der Waals surface area contributed by atoms with Crippen LogP contribution in [0.1, 0.15) is 10.7 Å². The summed E-state index contributed by atoms with van der Waals surface area (Å²) < 4.78 is 8.11. The van der Waals surface area contributed by atoms with Crippen molar-refractivity contribution in [3.8, 4) is 5.75 Å². The maximum Gasteiger partial charge on any atom is 0.137 e. The van der Waals surface area contributed by atoms with Gasteiger partial charge in [0.25, 0.3) is 0 Å². The number of thiophene rings is 1. The predicted molar refractivity (Wildman–Crippen MR) is 104 cm³/mol. The van der Waals surface area contributed by atoms with Crippen LogP contribution in [-0.4, -0.2) is 16.2 Å². The maximum absolute atomic E-state index is 6.16. The molecule has 0 aliphatic carbocycles. The summed E-state index contributed by atoms with van der Waals surface area (Å²) in [5, 5.41) is 2.74. The zero-order valence-corrected chi connectivity index (χ0v) is 15.1. The monoisotopic (exact) mass is 368 g/mol. The summed E-state index contributed by atoms with van der Waals surface area (Å²) in [5.41, 5.74) is 2.16. The second-order valence-electron chi connectivity index (χ2n) is 5.70. The van der Waals surface area contributed by atoms with Crippen molar-refractivity contribution < 1.29 is 4.74 Å². The van der Waals surface area contributed by atoms with Crippen LogP contribution in [-0.2, 0) is 13.0 Å². The third kappa shape index (κ3) is 3.55. The van der Waals surface area contributed by atoms with Crippen LogP contribution in [0, 0.1) is 0 Å². The van der Waals surface area contributed by atoms with Gasteiger partial charge in [0.2, 0.25) is 0 Å². The molecular formula is C20H17ClN2OS. The minimum absolute atomic E-state index is 0.543. The molecule has 25 heavy (non-hydrogen) atoms. The minimum Gasteiger partial charge on any atom is -0.490 e. The predicted octanol–water partition coefficient (Wildman–Crippen LogP) is 5.42. The average molecular weight is 369 g/mol. The van der Waals surface area contributed by atoms with E-state index in [0.717, 1.165) is 29.8 Å². The Labute approximate surface area is 155 Å². The molecule has 0 saturated carbocycles. The second-order valence-corrected chi connectivity index (χ2v) is 7.14. The third-order valence-corrected chi connectivity index (χ3v) is 5.24. The molecule has 0 amide bonds. The van der Waals surface area contributed by atoms with Crippen molar-refractivity contribution >= 4 is 34.0 Å². The van der Waals surface area contributed by atoms with Gasteiger partial charge in [-0.25, -0.2) is 4.98 Å². The number of nitrogens with zero attached hydrogens (tertiary/aromatic N) is 2. The van der Waals surface area contributed by atoms with Crippen molar-refractivity contribution in [2.45, 2.75) is 13.0 Å². The van der Waals surface area contributed by atoms with Gasteiger partial charge in [0.1, 0.15) is 18.2 Å². The summed E-state index contributed by atoms with van der Waals surface area (Å²) >= 11 is 7.92. The molecule has 0 N–H and O–H groups in total. The van der Waals surface area contributed by atoms with Crippen LogP contribution in [0.2, 0.25) is 5.02 Å². The highest BCUT2D eigenvalue weighted by Crippen LogP contribution is 2.24. The lowest BCUT2D eigenvalue weighted by Gasteiger charge is -2.11. The van der Waals surface area contributed by atoms with Crippen LogP contribution < -0.4 is 4.74 Å². The summed E-state index contributed by atoms with van der Waals surface area (Å²) in [4.78, 5) is 6.13. The number of hydrogen-bond donors (Lipinski definition) is 0. The molecule has 126 valence electrons. The highest BCUT2D eigenvalue weighted by atomic mass is 35.5. The summed E-state index contributed by atoms with van der Waals surface area (Å²) in [6.07, 6.45) is 0.832. The van der Waals surface area contributed by atoms with E-state index in [9.17, 15) is 0 Å². The summed E-state index contributed by atoms with van der Waals surface area (Å²) in [5.74, 6) is 1.78. The molecule has 4 rings (SSSR count). The standard InChI is InChI=1S/C20H17ClN2OS/c21-16-7-1-4-10-19(16)24-12-11-23-18-9-3-2-8-17(18)22-20(23)14-15-6-5-13-25-15/h1-10,13H,11-12,14H2. The van der Waals surface area contributed by atoms with Crippen molar-refractivity contribution in [1.29, 1.82) is 0 Å². The van der Waals surface area contributed by atoms with E-state index in [1.165, 1.54) is 4.88 Å². The molecule has 0 aliphatic heterocycles. The van der Waals surface area contributed by atoms with Gasteiger partial charge in [-0.2, -0.15) is 0 Å². The molecule has 0 aliphatic rings. The van der Waals surface area contributed by atoms with Crippen LogP contribution >= 0.6 is 22.9 Å². The third-order valence-electron chi connectivity index (χ3n) is 4.06. The van der Waals surface area contributed by atoms with Gasteiger partial charge in [-0.1, -0.05) is 41.9 Å². The zero-order chi connectivity index (χ0) is 17.1. The molecule has 4 aromatic rings. The fourth-order valence-corrected chi connectivity index (χ4v) is 3.78. The lowest BCUT2D eigenvalue weighted by molar-refractivity contribution is 0.298. The summed E-state index contributed by atoms with van der Waals surface area (Å²) in [6.45, 7) is 1.27. The van der Waals surface area contributed by atoms with Crippen LogP contribution in [0.25, 0.3) is 11.0 Å². The van der Waals surface area contributed by atoms with Crippen molar-refractivity contribution in [2.75, 3.05) is 6.61 Å². The molecule has 5 heteroatoms. The lowest BCUT2D eigenvalue weighted by atomic mass is 10.3. The first kappa shape index (κ1) is 16.2. The Bertz CT molecular complexity index is 978. The Morgan fingerprint density at radius 2 is 1.84 bits per heavy atom. The van der Waals surface area contributed by atoms with E-state index in [-0.39, 0.29) is 0 Å². The van der Waals surface area contributed by atoms with Crippen molar-refractivity contribution in [3.05, 3.63) is 81.8 Å². The molecule has 2 aromatic heterocycles. The molecule has 0 fully saturated rings. The molecule has 0 unspecified atom stereocenters. The molecule has 0 saturated heterocycles. The molecule has 3 nitrogen and oxygen atoms in total. The van der Waals surface area contributed by atoms with E-state index in [4.69, 9.17) is 21.3 Å². The van der Waals surface area contributed by atoms with Crippen LogP contribution in [0.3, 0.4) is 0 Å². The van der Waals surface area contributed by atoms with Crippen molar-refractivity contribution in [2.24, 2.45) is 0 Å². The molecular weight excluding hydrogens is 352 g/mol. The smallest absolute Gasteiger partial charge is 0.137 e. The lowest BCUT2D eigenvalue weighted by Crippen LogP contribution is -2.11. The molecule has 0 radical (unpaired) electrons. The number of imidazole rings is 1. The molecule has 0 atom stereocenters. The van der Waals surface area contributed by atoms with Crippen LogP contribution in [0.5, 0.6) is 5.75 Å². The first-order valence-corrected chi connectivity index (χ1v) is 9.41. The van der Waals surface area contributed by atoms with Gasteiger partial charge in [0.05, 0.1) is 22.6 Å². The number of aromatic nitrogens is 2. The van der Waals surface area contributed by atoms with Crippen LogP contribution in [0.15, 0.2) is 66.0 Å². The molecule has 0 spiro atoms. The average Bonchev–Trinajstić information content (AvgIpc) is 3.25. The van der Waals surface area contributed by atoms with Gasteiger partial charge in [-0.05, 0) is 35.7 Å². The number of hydrogen-bond acceptors (Lipinski definition) is 3. The van der Waals surface area contributed by atoms with Gasteiger partial charge >= 0.3 is 0 Å². The van der Waals surface area contributed by atoms with E-state index in [2.05, 4.69) is 34.2 Å². The largest absolute Gasteiger partial charge is 0.490 e. The SMILES string of the molecule is Clc1ccccc1OCCn1c(Cc2cccs2)nc2ccccc21. The number of benzene rings is 2. The van der Waals surface area contributed by atoms with E-state index in [1.807, 2.05) is 36.4 Å². The quantitative estimate of drug-likeness (QED) is 0.454. The number of para-hydroxylation sites is 3. The van der Waals surface area contributed by atoms with E-state index in [1.54, 1.807) is 11.3 Å². The number of halogens is 1. The Hall–Kier alpha value is -2.30. The maximum atomic E-state index is 6.16.